The van der Waals surface area contributed by atoms with Gasteiger partial charge < -0.3 is 9.94 Å². The van der Waals surface area contributed by atoms with Crippen LogP contribution in [0.25, 0.3) is 0 Å². The third-order valence-electron chi connectivity index (χ3n) is 0.981. The topological polar surface area (TPSA) is 58.9 Å². The molecule has 8 heteroatoms. The van der Waals surface area contributed by atoms with Crippen molar-refractivity contribution in [3.8, 4) is 0 Å². The smallest absolute Gasteiger partial charge is 0.389 e. The molecule has 0 radical (unpaired) electrons. The maximum absolute atomic E-state index is 11.7. The number of carbonyl (C=O) groups is 1. The second kappa shape index (κ2) is 5.74. The Labute approximate surface area is 82.1 Å². The van der Waals surface area contributed by atoms with Crippen molar-refractivity contribution < 1.29 is 27.9 Å². The van der Waals surface area contributed by atoms with Crippen molar-refractivity contribution in [3.63, 3.8) is 0 Å². The lowest BCUT2D eigenvalue weighted by molar-refractivity contribution is -0.130. The first kappa shape index (κ1) is 13.1. The van der Waals surface area contributed by atoms with Crippen LogP contribution in [0.5, 0.6) is 0 Å². The van der Waals surface area contributed by atoms with E-state index < -0.39 is 29.4 Å². The molecule has 0 rings (SSSR count). The highest BCUT2D eigenvalue weighted by Gasteiger charge is 2.27. The number of carboxylic acids is 1. The van der Waals surface area contributed by atoms with Crippen LogP contribution < -0.4 is 0 Å². The summed E-state index contributed by atoms with van der Waals surface area (Å²) in [5, 5.41) is 11.0. The number of halogens is 3. The number of alkyl halides is 3. The molecule has 0 fully saturated rings. The van der Waals surface area contributed by atoms with Crippen molar-refractivity contribution in [1.29, 1.82) is 0 Å². The molecule has 0 saturated carbocycles. The van der Waals surface area contributed by atoms with Crippen LogP contribution in [0.3, 0.4) is 0 Å². The van der Waals surface area contributed by atoms with Gasteiger partial charge in [-0.05, 0) is 0 Å². The summed E-state index contributed by atoms with van der Waals surface area (Å²) in [5.74, 6) is -1.79. The molecule has 0 aliphatic carbocycles. The quantitative estimate of drug-likeness (QED) is 0.456. The fourth-order valence-electron chi connectivity index (χ4n) is 0.473. The number of carboxylic acid groups (broad SMARTS) is 1. The van der Waals surface area contributed by atoms with Gasteiger partial charge in [0.15, 0.2) is 0 Å². The van der Waals surface area contributed by atoms with Crippen LogP contribution in [0.2, 0.25) is 0 Å². The third-order valence-corrected chi connectivity index (χ3v) is 1.91. The molecule has 82 valence electrons. The van der Waals surface area contributed by atoms with Crippen LogP contribution in [-0.2, 0) is 9.63 Å². The van der Waals surface area contributed by atoms with E-state index in [-0.39, 0.29) is 0 Å². The number of thioether (sulfide) groups is 1. The monoisotopic (exact) mass is 231 g/mol. The van der Waals surface area contributed by atoms with Gasteiger partial charge in [-0.1, -0.05) is 16.9 Å². The van der Waals surface area contributed by atoms with Crippen molar-refractivity contribution in [1.82, 2.24) is 0 Å². The summed E-state index contributed by atoms with van der Waals surface area (Å²) in [6.45, 7) is 0. The highest BCUT2D eigenvalue weighted by atomic mass is 32.2. The van der Waals surface area contributed by atoms with Crippen molar-refractivity contribution in [2.24, 2.45) is 5.16 Å². The highest BCUT2D eigenvalue weighted by Crippen LogP contribution is 2.22. The van der Waals surface area contributed by atoms with Gasteiger partial charge in [0.25, 0.3) is 0 Å². The molecule has 1 N–H and O–H groups in total. The van der Waals surface area contributed by atoms with Gasteiger partial charge in [0.05, 0.1) is 6.42 Å². The van der Waals surface area contributed by atoms with Gasteiger partial charge in [0.1, 0.15) is 7.11 Å². The average Bonchev–Trinajstić information content (AvgIpc) is 2.00. The van der Waals surface area contributed by atoms with Gasteiger partial charge in [0.2, 0.25) is 5.04 Å². The van der Waals surface area contributed by atoms with Crippen LogP contribution in [0.4, 0.5) is 13.2 Å². The Morgan fingerprint density at radius 3 is 2.50 bits per heavy atom. The van der Waals surface area contributed by atoms with Gasteiger partial charge in [-0.15, -0.1) is 0 Å². The van der Waals surface area contributed by atoms with Gasteiger partial charge in [-0.25, -0.2) is 4.79 Å². The summed E-state index contributed by atoms with van der Waals surface area (Å²) in [6, 6.07) is 0. The first-order valence-electron chi connectivity index (χ1n) is 3.41. The second-order valence-corrected chi connectivity index (χ2v) is 3.18. The Kier molecular flexibility index (Phi) is 5.36. The van der Waals surface area contributed by atoms with Gasteiger partial charge in [-0.3, -0.25) is 0 Å². The lowest BCUT2D eigenvalue weighted by Crippen LogP contribution is -2.13. The van der Waals surface area contributed by atoms with Crippen LogP contribution >= 0.6 is 11.8 Å². The molecule has 0 aromatic rings. The van der Waals surface area contributed by atoms with E-state index in [0.717, 1.165) is 7.11 Å². The minimum Gasteiger partial charge on any atom is -0.476 e. The van der Waals surface area contributed by atoms with Crippen molar-refractivity contribution >= 4 is 22.8 Å². The van der Waals surface area contributed by atoms with E-state index in [1.54, 1.807) is 0 Å². The SMILES string of the molecule is CO/N=C(\SCCC(F)(F)F)C(=O)O. The molecule has 0 saturated heterocycles. The Balaban J connectivity index is 3.97. The molecule has 0 aromatic heterocycles. The number of nitrogens with zero attached hydrogens (tertiary/aromatic N) is 1. The van der Waals surface area contributed by atoms with E-state index in [4.69, 9.17) is 5.11 Å². The molecule has 0 atom stereocenters. The second-order valence-electron chi connectivity index (χ2n) is 2.10. The minimum absolute atomic E-state index is 0.391. The maximum Gasteiger partial charge on any atom is 0.389 e. The molecule has 14 heavy (non-hydrogen) atoms. The number of hydrogen-bond acceptors (Lipinski definition) is 4. The zero-order valence-corrected chi connectivity index (χ0v) is 7.98. The molecule has 4 nitrogen and oxygen atoms in total. The summed E-state index contributed by atoms with van der Waals surface area (Å²) < 4.78 is 35.0. The Morgan fingerprint density at radius 1 is 1.57 bits per heavy atom. The molecule has 0 amide bonds. The van der Waals surface area contributed by atoms with E-state index >= 15 is 0 Å². The predicted octanol–water partition coefficient (Wildman–Crippen LogP) is 1.72. The summed E-state index contributed by atoms with van der Waals surface area (Å²) in [7, 11) is 1.12. The molecule has 0 heterocycles. The summed E-state index contributed by atoms with van der Waals surface area (Å²) in [6.07, 6.45) is -5.35. The molecular weight excluding hydrogens is 223 g/mol. The van der Waals surface area contributed by atoms with E-state index in [2.05, 4.69) is 9.99 Å². The molecule has 0 unspecified atom stereocenters. The summed E-state index contributed by atoms with van der Waals surface area (Å²) in [5.41, 5.74) is 0. The van der Waals surface area contributed by atoms with E-state index in [1.807, 2.05) is 0 Å². The van der Waals surface area contributed by atoms with Crippen molar-refractivity contribution in [2.75, 3.05) is 12.9 Å². The Morgan fingerprint density at radius 2 is 2.14 bits per heavy atom. The van der Waals surface area contributed by atoms with Gasteiger partial charge in [-0.2, -0.15) is 13.2 Å². The van der Waals surface area contributed by atoms with Crippen LogP contribution in [-0.4, -0.2) is 35.2 Å². The summed E-state index contributed by atoms with van der Waals surface area (Å²) in [4.78, 5) is 14.5. The number of aliphatic carboxylic acids is 1. The van der Waals surface area contributed by atoms with Crippen LogP contribution in [0.1, 0.15) is 6.42 Å². The first-order valence-corrected chi connectivity index (χ1v) is 4.39. The van der Waals surface area contributed by atoms with E-state index in [9.17, 15) is 18.0 Å². The first-order chi connectivity index (χ1) is 6.37. The largest absolute Gasteiger partial charge is 0.476 e. The normalized spacial score (nSPS) is 12.7. The molecule has 0 bridgehead atoms. The molecule has 0 aromatic carbocycles. The lowest BCUT2D eigenvalue weighted by atomic mass is 10.5. The average molecular weight is 231 g/mol. The van der Waals surface area contributed by atoms with Gasteiger partial charge >= 0.3 is 12.1 Å². The Bertz CT molecular complexity index is 229. The van der Waals surface area contributed by atoms with Crippen LogP contribution in [0, 0.1) is 0 Å². The molecule has 0 aliphatic heterocycles. The number of hydrogen-bond donors (Lipinski definition) is 1. The lowest BCUT2D eigenvalue weighted by Gasteiger charge is -2.04. The zero-order chi connectivity index (χ0) is 11.2. The fourth-order valence-corrected chi connectivity index (χ4v) is 1.25. The molecule has 0 aliphatic rings. The Hall–Kier alpha value is -0.920. The highest BCUT2D eigenvalue weighted by molar-refractivity contribution is 8.15. The van der Waals surface area contributed by atoms with E-state index in [1.165, 1.54) is 0 Å². The standard InChI is InChI=1S/C6H8F3NO3S/c1-13-10-4(5(11)12)14-3-2-6(7,8)9/h2-3H2,1H3,(H,11,12)/b10-4-. The van der Waals surface area contributed by atoms with Crippen molar-refractivity contribution in [3.05, 3.63) is 0 Å². The minimum atomic E-state index is -4.29. The predicted molar refractivity (Wildman–Crippen MR) is 45.2 cm³/mol. The molecule has 0 spiro atoms. The maximum atomic E-state index is 11.7. The van der Waals surface area contributed by atoms with E-state index in [0.29, 0.717) is 11.8 Å². The zero-order valence-electron chi connectivity index (χ0n) is 7.17. The number of rotatable bonds is 3. The fraction of sp³-hybridized carbons (Fsp3) is 0.667. The molecular formula is C6H8F3NO3S. The van der Waals surface area contributed by atoms with Gasteiger partial charge in [0, 0.05) is 5.75 Å². The summed E-state index contributed by atoms with van der Waals surface area (Å²) >= 11 is 0.487. The number of oxime groups is 1. The van der Waals surface area contributed by atoms with Crippen molar-refractivity contribution in [2.45, 2.75) is 12.6 Å². The third kappa shape index (κ3) is 6.58. The van der Waals surface area contributed by atoms with Crippen LogP contribution in [0.15, 0.2) is 5.16 Å².